The van der Waals surface area contributed by atoms with E-state index in [1.165, 1.54) is 38.5 Å². The van der Waals surface area contributed by atoms with Crippen molar-refractivity contribution in [2.75, 3.05) is 19.8 Å². The Morgan fingerprint density at radius 2 is 2.00 bits per heavy atom. The van der Waals surface area contributed by atoms with Gasteiger partial charge in [0.15, 0.2) is 0 Å². The number of hydrogen-bond donors (Lipinski definition) is 2. The molecule has 0 bridgehead atoms. The van der Waals surface area contributed by atoms with Crippen molar-refractivity contribution in [1.29, 1.82) is 0 Å². The lowest BCUT2D eigenvalue weighted by Crippen LogP contribution is -2.62. The summed E-state index contributed by atoms with van der Waals surface area (Å²) in [5, 5.41) is 12.5. The van der Waals surface area contributed by atoms with E-state index in [0.717, 1.165) is 26.0 Å². The van der Waals surface area contributed by atoms with E-state index in [4.69, 9.17) is 9.84 Å². The summed E-state index contributed by atoms with van der Waals surface area (Å²) in [6.07, 6.45) is 10.5. The third kappa shape index (κ3) is 2.89. The summed E-state index contributed by atoms with van der Waals surface area (Å²) in [6, 6.07) is 0.686. The topological polar surface area (TPSA) is 41.5 Å². The van der Waals surface area contributed by atoms with Crippen molar-refractivity contribution in [2.45, 2.75) is 70.4 Å². The van der Waals surface area contributed by atoms with Gasteiger partial charge in [0.05, 0.1) is 6.10 Å². The third-order valence-corrected chi connectivity index (χ3v) is 4.91. The zero-order valence-electron chi connectivity index (χ0n) is 11.8. The Labute approximate surface area is 111 Å². The number of hydrogen-bond acceptors (Lipinski definition) is 3. The molecule has 2 N–H and O–H groups in total. The molecular formula is C15H29NO2. The average Bonchev–Trinajstić information content (AvgIpc) is 2.88. The van der Waals surface area contributed by atoms with Crippen molar-refractivity contribution in [3.63, 3.8) is 0 Å². The highest BCUT2D eigenvalue weighted by molar-refractivity contribution is 5.09. The first-order chi connectivity index (χ1) is 8.83. The molecule has 0 saturated heterocycles. The van der Waals surface area contributed by atoms with Crippen LogP contribution in [0.3, 0.4) is 0 Å². The number of aliphatic hydroxyl groups excluding tert-OH is 1. The highest BCUT2D eigenvalue weighted by Crippen LogP contribution is 2.54. The maximum absolute atomic E-state index is 8.76. The molecular weight excluding hydrogens is 226 g/mol. The van der Waals surface area contributed by atoms with Crippen LogP contribution in [0.4, 0.5) is 0 Å². The van der Waals surface area contributed by atoms with Gasteiger partial charge in [-0.05, 0) is 52.0 Å². The molecule has 106 valence electrons. The molecule has 0 amide bonds. The lowest BCUT2D eigenvalue weighted by molar-refractivity contribution is -0.130. The molecule has 0 aromatic rings. The van der Waals surface area contributed by atoms with Gasteiger partial charge in [0.25, 0.3) is 0 Å². The SMILES string of the molecule is CCOC1CC(NCCCCCO)C12CCCC2. The molecule has 0 radical (unpaired) electrons. The van der Waals surface area contributed by atoms with Crippen LogP contribution >= 0.6 is 0 Å². The van der Waals surface area contributed by atoms with Gasteiger partial charge in [-0.15, -0.1) is 0 Å². The Balaban J connectivity index is 1.72. The second kappa shape index (κ2) is 6.88. The monoisotopic (exact) mass is 255 g/mol. The van der Waals surface area contributed by atoms with Crippen LogP contribution in [-0.4, -0.2) is 37.0 Å². The fourth-order valence-corrected chi connectivity index (χ4v) is 3.86. The molecule has 3 heteroatoms. The van der Waals surface area contributed by atoms with Crippen LogP contribution in [0.5, 0.6) is 0 Å². The zero-order valence-corrected chi connectivity index (χ0v) is 11.8. The number of nitrogens with one attached hydrogen (secondary N) is 1. The van der Waals surface area contributed by atoms with E-state index in [2.05, 4.69) is 12.2 Å². The van der Waals surface area contributed by atoms with Crippen LogP contribution in [0.1, 0.15) is 58.3 Å². The largest absolute Gasteiger partial charge is 0.396 e. The standard InChI is InChI=1S/C15H29NO2/c1-2-18-14-12-13(15(14)8-4-5-9-15)16-10-6-3-7-11-17/h13-14,16-17H,2-12H2,1H3. The number of unbranched alkanes of at least 4 members (excludes halogenated alkanes) is 2. The van der Waals surface area contributed by atoms with Crippen molar-refractivity contribution in [3.05, 3.63) is 0 Å². The first kappa shape index (κ1) is 14.3. The Hall–Kier alpha value is -0.120. The molecule has 2 unspecified atom stereocenters. The molecule has 2 aliphatic carbocycles. The summed E-state index contributed by atoms with van der Waals surface area (Å²) in [6.45, 7) is 4.40. The first-order valence-electron chi connectivity index (χ1n) is 7.79. The molecule has 18 heavy (non-hydrogen) atoms. The number of rotatable bonds is 8. The van der Waals surface area contributed by atoms with Gasteiger partial charge in [0, 0.05) is 24.7 Å². The third-order valence-electron chi connectivity index (χ3n) is 4.91. The fraction of sp³-hybridized carbons (Fsp3) is 1.00. The molecule has 0 aromatic heterocycles. The van der Waals surface area contributed by atoms with Gasteiger partial charge in [-0.2, -0.15) is 0 Å². The van der Waals surface area contributed by atoms with E-state index < -0.39 is 0 Å². The van der Waals surface area contributed by atoms with Crippen LogP contribution < -0.4 is 5.32 Å². The summed E-state index contributed by atoms with van der Waals surface area (Å²) in [7, 11) is 0. The molecule has 2 aliphatic rings. The number of aliphatic hydroxyl groups is 1. The average molecular weight is 255 g/mol. The maximum Gasteiger partial charge on any atom is 0.0661 e. The minimum absolute atomic E-state index is 0.333. The molecule has 2 atom stereocenters. The van der Waals surface area contributed by atoms with Gasteiger partial charge in [-0.3, -0.25) is 0 Å². The van der Waals surface area contributed by atoms with Gasteiger partial charge in [-0.1, -0.05) is 12.8 Å². The minimum Gasteiger partial charge on any atom is -0.396 e. The fourth-order valence-electron chi connectivity index (χ4n) is 3.86. The quantitative estimate of drug-likeness (QED) is 0.655. The second-order valence-electron chi connectivity index (χ2n) is 5.91. The maximum atomic E-state index is 8.76. The van der Waals surface area contributed by atoms with Crippen molar-refractivity contribution in [2.24, 2.45) is 5.41 Å². The molecule has 2 rings (SSSR count). The van der Waals surface area contributed by atoms with Gasteiger partial charge >= 0.3 is 0 Å². The molecule has 1 spiro atoms. The Kier molecular flexibility index (Phi) is 5.46. The lowest BCUT2D eigenvalue weighted by atomic mass is 9.60. The highest BCUT2D eigenvalue weighted by Gasteiger charge is 2.56. The van der Waals surface area contributed by atoms with Crippen molar-refractivity contribution >= 4 is 0 Å². The summed E-state index contributed by atoms with van der Waals surface area (Å²) >= 11 is 0. The van der Waals surface area contributed by atoms with E-state index in [1.807, 2.05) is 0 Å². The van der Waals surface area contributed by atoms with Crippen molar-refractivity contribution in [3.8, 4) is 0 Å². The predicted octanol–water partition coefficient (Wildman–Crippen LogP) is 2.48. The normalized spacial score (nSPS) is 29.7. The van der Waals surface area contributed by atoms with Crippen LogP contribution in [0.25, 0.3) is 0 Å². The van der Waals surface area contributed by atoms with Crippen molar-refractivity contribution < 1.29 is 9.84 Å². The molecule has 0 aromatic carbocycles. The Bertz CT molecular complexity index is 239. The van der Waals surface area contributed by atoms with Crippen molar-refractivity contribution in [1.82, 2.24) is 5.32 Å². The Morgan fingerprint density at radius 1 is 1.22 bits per heavy atom. The van der Waals surface area contributed by atoms with E-state index in [9.17, 15) is 0 Å². The highest BCUT2D eigenvalue weighted by atomic mass is 16.5. The summed E-state index contributed by atoms with van der Waals surface area (Å²) in [5.41, 5.74) is 0.465. The van der Waals surface area contributed by atoms with Gasteiger partial charge < -0.3 is 15.2 Å². The van der Waals surface area contributed by atoms with Crippen LogP contribution in [0, 0.1) is 5.41 Å². The predicted molar refractivity (Wildman–Crippen MR) is 73.7 cm³/mol. The minimum atomic E-state index is 0.333. The second-order valence-corrected chi connectivity index (χ2v) is 5.91. The van der Waals surface area contributed by atoms with E-state index in [-0.39, 0.29) is 0 Å². The van der Waals surface area contributed by atoms with Gasteiger partial charge in [0.2, 0.25) is 0 Å². The van der Waals surface area contributed by atoms with Gasteiger partial charge in [-0.25, -0.2) is 0 Å². The van der Waals surface area contributed by atoms with E-state index in [0.29, 0.717) is 24.2 Å². The summed E-state index contributed by atoms with van der Waals surface area (Å²) in [5.74, 6) is 0. The first-order valence-corrected chi connectivity index (χ1v) is 7.79. The van der Waals surface area contributed by atoms with E-state index in [1.54, 1.807) is 0 Å². The molecule has 0 aliphatic heterocycles. The zero-order chi connectivity index (χ0) is 12.8. The summed E-state index contributed by atoms with van der Waals surface area (Å²) in [4.78, 5) is 0. The van der Waals surface area contributed by atoms with Crippen LogP contribution in [-0.2, 0) is 4.74 Å². The lowest BCUT2D eigenvalue weighted by Gasteiger charge is -2.54. The Morgan fingerprint density at radius 3 is 2.67 bits per heavy atom. The molecule has 2 fully saturated rings. The molecule has 2 saturated carbocycles. The summed E-state index contributed by atoms with van der Waals surface area (Å²) < 4.78 is 5.92. The van der Waals surface area contributed by atoms with Crippen LogP contribution in [0.2, 0.25) is 0 Å². The smallest absolute Gasteiger partial charge is 0.0661 e. The van der Waals surface area contributed by atoms with E-state index >= 15 is 0 Å². The van der Waals surface area contributed by atoms with Crippen LogP contribution in [0.15, 0.2) is 0 Å². The number of ether oxygens (including phenoxy) is 1. The molecule has 3 nitrogen and oxygen atoms in total. The van der Waals surface area contributed by atoms with Gasteiger partial charge in [0.1, 0.15) is 0 Å². The molecule has 0 heterocycles.